The van der Waals surface area contributed by atoms with Crippen LogP contribution in [0.2, 0.25) is 0 Å². The summed E-state index contributed by atoms with van der Waals surface area (Å²) in [6.07, 6.45) is 3.44. The summed E-state index contributed by atoms with van der Waals surface area (Å²) in [6, 6.07) is 10.2. The summed E-state index contributed by atoms with van der Waals surface area (Å²) in [6.45, 7) is 0.889. The molecule has 1 aromatic carbocycles. The number of nitrogens with one attached hydrogen (secondary N) is 1. The topological polar surface area (TPSA) is 34.0 Å². The molecule has 1 N–H and O–H groups in total. The number of likely N-dealkylation sites (N-methyl/N-ethyl adjacent to an activating group) is 1. The highest BCUT2D eigenvalue weighted by Gasteiger charge is 2.40. The standard InChI is InChI=1S/C16H20N2O/c1-17-11-16(8-5-9-16)13-10-12-6-3-4-7-14(12)18(2)15(13)19/h3-4,6-7,10,17H,5,8-9,11H2,1-2H3. The van der Waals surface area contributed by atoms with E-state index in [0.717, 1.165) is 35.9 Å². The Bertz CT molecular complexity index is 668. The highest BCUT2D eigenvalue weighted by atomic mass is 16.1. The van der Waals surface area contributed by atoms with Gasteiger partial charge in [0.15, 0.2) is 0 Å². The minimum Gasteiger partial charge on any atom is -0.319 e. The van der Waals surface area contributed by atoms with Gasteiger partial charge >= 0.3 is 0 Å². The van der Waals surface area contributed by atoms with E-state index < -0.39 is 0 Å². The van der Waals surface area contributed by atoms with Crippen molar-refractivity contribution in [2.45, 2.75) is 24.7 Å². The highest BCUT2D eigenvalue weighted by molar-refractivity contribution is 5.79. The number of hydrogen-bond acceptors (Lipinski definition) is 2. The number of pyridine rings is 1. The van der Waals surface area contributed by atoms with Crippen molar-refractivity contribution >= 4 is 10.9 Å². The summed E-state index contributed by atoms with van der Waals surface area (Å²) in [5, 5.41) is 4.41. The minimum atomic E-state index is 0.0492. The number of hydrogen-bond donors (Lipinski definition) is 1. The van der Waals surface area contributed by atoms with Crippen LogP contribution in [0.25, 0.3) is 10.9 Å². The fourth-order valence-corrected chi connectivity index (χ4v) is 3.29. The van der Waals surface area contributed by atoms with E-state index in [1.165, 1.54) is 6.42 Å². The Kier molecular flexibility index (Phi) is 2.94. The van der Waals surface area contributed by atoms with Crippen LogP contribution in [-0.4, -0.2) is 18.2 Å². The van der Waals surface area contributed by atoms with E-state index in [0.29, 0.717) is 0 Å². The van der Waals surface area contributed by atoms with Crippen molar-refractivity contribution in [3.63, 3.8) is 0 Å². The molecule has 100 valence electrons. The zero-order valence-electron chi connectivity index (χ0n) is 11.6. The largest absolute Gasteiger partial charge is 0.319 e. The van der Waals surface area contributed by atoms with Crippen molar-refractivity contribution in [1.29, 1.82) is 0 Å². The summed E-state index contributed by atoms with van der Waals surface area (Å²) < 4.78 is 1.79. The Balaban J connectivity index is 2.24. The normalized spacial score (nSPS) is 17.4. The van der Waals surface area contributed by atoms with Gasteiger partial charge in [-0.25, -0.2) is 0 Å². The first kappa shape index (κ1) is 12.4. The van der Waals surface area contributed by atoms with Crippen LogP contribution < -0.4 is 10.9 Å². The lowest BCUT2D eigenvalue weighted by atomic mass is 9.64. The highest BCUT2D eigenvalue weighted by Crippen LogP contribution is 2.42. The molecule has 2 aromatic rings. The molecular weight excluding hydrogens is 236 g/mol. The van der Waals surface area contributed by atoms with Crippen molar-refractivity contribution in [3.05, 3.63) is 46.2 Å². The van der Waals surface area contributed by atoms with Crippen LogP contribution in [0.3, 0.4) is 0 Å². The second-order valence-electron chi connectivity index (χ2n) is 5.65. The first-order chi connectivity index (χ1) is 9.18. The van der Waals surface area contributed by atoms with E-state index in [2.05, 4.69) is 17.4 Å². The van der Waals surface area contributed by atoms with Gasteiger partial charge in [-0.05, 0) is 37.4 Å². The van der Waals surface area contributed by atoms with E-state index in [4.69, 9.17) is 0 Å². The van der Waals surface area contributed by atoms with Gasteiger partial charge < -0.3 is 9.88 Å². The maximum absolute atomic E-state index is 12.6. The lowest BCUT2D eigenvalue weighted by Gasteiger charge is -2.42. The van der Waals surface area contributed by atoms with E-state index in [1.807, 2.05) is 32.3 Å². The summed E-state index contributed by atoms with van der Waals surface area (Å²) in [5.74, 6) is 0. The third-order valence-corrected chi connectivity index (χ3v) is 4.53. The molecule has 1 fully saturated rings. The lowest BCUT2D eigenvalue weighted by Crippen LogP contribution is -2.47. The molecule has 0 spiro atoms. The zero-order valence-corrected chi connectivity index (χ0v) is 11.6. The monoisotopic (exact) mass is 256 g/mol. The van der Waals surface area contributed by atoms with Gasteiger partial charge in [-0.15, -0.1) is 0 Å². The van der Waals surface area contributed by atoms with Gasteiger partial charge in [0.2, 0.25) is 0 Å². The number of para-hydroxylation sites is 1. The molecule has 3 rings (SSSR count). The molecule has 3 nitrogen and oxygen atoms in total. The van der Waals surface area contributed by atoms with Crippen LogP contribution in [0, 0.1) is 0 Å². The number of aromatic nitrogens is 1. The van der Waals surface area contributed by atoms with Crippen molar-refractivity contribution in [2.75, 3.05) is 13.6 Å². The van der Waals surface area contributed by atoms with Gasteiger partial charge in [-0.1, -0.05) is 24.6 Å². The smallest absolute Gasteiger partial charge is 0.254 e. The number of aryl methyl sites for hydroxylation is 1. The molecule has 19 heavy (non-hydrogen) atoms. The number of benzene rings is 1. The quantitative estimate of drug-likeness (QED) is 0.913. The lowest BCUT2D eigenvalue weighted by molar-refractivity contribution is 0.236. The van der Waals surface area contributed by atoms with Crippen molar-refractivity contribution < 1.29 is 0 Å². The maximum Gasteiger partial charge on any atom is 0.254 e. The number of rotatable bonds is 3. The molecule has 0 amide bonds. The van der Waals surface area contributed by atoms with Crippen LogP contribution >= 0.6 is 0 Å². The summed E-state index contributed by atoms with van der Waals surface area (Å²) in [4.78, 5) is 12.6. The first-order valence-corrected chi connectivity index (χ1v) is 6.92. The summed E-state index contributed by atoms with van der Waals surface area (Å²) in [7, 11) is 3.84. The van der Waals surface area contributed by atoms with E-state index >= 15 is 0 Å². The van der Waals surface area contributed by atoms with Gasteiger partial charge in [0.1, 0.15) is 0 Å². The number of nitrogens with zero attached hydrogens (tertiary/aromatic N) is 1. The van der Waals surface area contributed by atoms with Gasteiger partial charge in [0.25, 0.3) is 5.56 Å². The van der Waals surface area contributed by atoms with Gasteiger partial charge in [-0.3, -0.25) is 4.79 Å². The Morgan fingerprint density at radius 3 is 2.68 bits per heavy atom. The van der Waals surface area contributed by atoms with E-state index in [1.54, 1.807) is 4.57 Å². The molecule has 3 heteroatoms. The maximum atomic E-state index is 12.6. The number of fused-ring (bicyclic) bond motifs is 1. The molecule has 1 heterocycles. The second-order valence-corrected chi connectivity index (χ2v) is 5.65. The molecule has 0 radical (unpaired) electrons. The van der Waals surface area contributed by atoms with Crippen LogP contribution in [0.4, 0.5) is 0 Å². The molecule has 0 aliphatic heterocycles. The predicted molar refractivity (Wildman–Crippen MR) is 78.6 cm³/mol. The van der Waals surface area contributed by atoms with Crippen LogP contribution in [0.5, 0.6) is 0 Å². The molecule has 0 atom stereocenters. The summed E-state index contributed by atoms with van der Waals surface area (Å²) >= 11 is 0. The Labute approximate surface area is 113 Å². The van der Waals surface area contributed by atoms with Crippen molar-refractivity contribution in [1.82, 2.24) is 9.88 Å². The fraction of sp³-hybridized carbons (Fsp3) is 0.438. The van der Waals surface area contributed by atoms with Crippen LogP contribution in [0.15, 0.2) is 35.1 Å². The van der Waals surface area contributed by atoms with Gasteiger partial charge in [0.05, 0.1) is 5.52 Å². The second kappa shape index (κ2) is 4.49. The molecule has 1 aliphatic rings. The SMILES string of the molecule is CNCC1(c2cc3ccccc3n(C)c2=O)CCC1. The first-order valence-electron chi connectivity index (χ1n) is 6.92. The third kappa shape index (κ3) is 1.80. The van der Waals surface area contributed by atoms with Crippen LogP contribution in [-0.2, 0) is 12.5 Å². The zero-order chi connectivity index (χ0) is 13.5. The molecule has 0 saturated heterocycles. The minimum absolute atomic E-state index is 0.0492. The van der Waals surface area contributed by atoms with E-state index in [-0.39, 0.29) is 11.0 Å². The van der Waals surface area contributed by atoms with Crippen molar-refractivity contribution in [2.24, 2.45) is 7.05 Å². The third-order valence-electron chi connectivity index (χ3n) is 4.53. The van der Waals surface area contributed by atoms with E-state index in [9.17, 15) is 4.79 Å². The Hall–Kier alpha value is -1.61. The van der Waals surface area contributed by atoms with Crippen LogP contribution in [0.1, 0.15) is 24.8 Å². The Morgan fingerprint density at radius 2 is 2.05 bits per heavy atom. The summed E-state index contributed by atoms with van der Waals surface area (Å²) in [5.41, 5.74) is 2.20. The molecule has 0 bridgehead atoms. The van der Waals surface area contributed by atoms with Gasteiger partial charge in [0, 0.05) is 24.6 Å². The molecule has 1 aliphatic carbocycles. The average molecular weight is 256 g/mol. The Morgan fingerprint density at radius 1 is 1.32 bits per heavy atom. The molecular formula is C16H20N2O. The van der Waals surface area contributed by atoms with Gasteiger partial charge in [-0.2, -0.15) is 0 Å². The molecule has 1 saturated carbocycles. The average Bonchev–Trinajstić information content (AvgIpc) is 2.38. The van der Waals surface area contributed by atoms with Crippen molar-refractivity contribution in [3.8, 4) is 0 Å². The molecule has 0 unspecified atom stereocenters. The predicted octanol–water partition coefficient (Wildman–Crippen LogP) is 2.18. The molecule has 1 aromatic heterocycles. The fourth-order valence-electron chi connectivity index (χ4n) is 3.29.